The number of halogens is 1. The van der Waals surface area contributed by atoms with Gasteiger partial charge in [0.05, 0.1) is 0 Å². The van der Waals surface area contributed by atoms with Gasteiger partial charge in [0, 0.05) is 70.8 Å². The van der Waals surface area contributed by atoms with Crippen LogP contribution in [0.4, 0.5) is 5.95 Å². The maximum atomic E-state index is 12.6. The highest BCUT2D eigenvalue weighted by Gasteiger charge is 2.21. The summed E-state index contributed by atoms with van der Waals surface area (Å²) in [6, 6.07) is 9.77. The number of rotatable bonds is 4. The van der Waals surface area contributed by atoms with Crippen LogP contribution in [0.2, 0.25) is 0 Å². The zero-order valence-corrected chi connectivity index (χ0v) is 20.9. The van der Waals surface area contributed by atoms with E-state index in [2.05, 4.69) is 30.1 Å². The second kappa shape index (κ2) is 12.0. The molecule has 1 aromatic carbocycles. The van der Waals surface area contributed by atoms with E-state index in [9.17, 15) is 4.79 Å². The maximum absolute atomic E-state index is 12.6. The van der Waals surface area contributed by atoms with E-state index in [1.807, 2.05) is 42.3 Å². The van der Waals surface area contributed by atoms with E-state index in [4.69, 9.17) is 0 Å². The van der Waals surface area contributed by atoms with Crippen LogP contribution in [0.25, 0.3) is 0 Å². The van der Waals surface area contributed by atoms with Gasteiger partial charge in [0.15, 0.2) is 5.96 Å². The van der Waals surface area contributed by atoms with Crippen molar-refractivity contribution in [2.75, 3.05) is 51.2 Å². The van der Waals surface area contributed by atoms with Gasteiger partial charge in [-0.1, -0.05) is 12.1 Å². The molecule has 0 unspecified atom stereocenters. The number of aromatic nitrogens is 2. The Morgan fingerprint density at radius 3 is 2.22 bits per heavy atom. The Labute approximate surface area is 207 Å². The lowest BCUT2D eigenvalue weighted by molar-refractivity contribution is 0.0724. The Balaban J connectivity index is 0.00000289. The third-order valence-electron chi connectivity index (χ3n) is 5.92. The highest BCUT2D eigenvalue weighted by atomic mass is 127. The minimum Gasteiger partial charge on any atom is -0.352 e. The van der Waals surface area contributed by atoms with E-state index in [-0.39, 0.29) is 29.9 Å². The van der Waals surface area contributed by atoms with Crippen molar-refractivity contribution in [3.63, 3.8) is 0 Å². The number of anilines is 1. The average molecular weight is 549 g/mol. The van der Waals surface area contributed by atoms with Gasteiger partial charge in [0.1, 0.15) is 0 Å². The minimum atomic E-state index is 0. The lowest BCUT2D eigenvalue weighted by Crippen LogP contribution is -2.52. The summed E-state index contributed by atoms with van der Waals surface area (Å²) >= 11 is 0. The molecule has 0 spiro atoms. The Kier molecular flexibility index (Phi) is 9.07. The summed E-state index contributed by atoms with van der Waals surface area (Å²) in [7, 11) is 1.81. The van der Waals surface area contributed by atoms with Gasteiger partial charge in [-0.05, 0) is 43.0 Å². The number of nitrogens with one attached hydrogen (secondary N) is 1. The molecule has 32 heavy (non-hydrogen) atoms. The lowest BCUT2D eigenvalue weighted by Gasteiger charge is -2.36. The molecule has 9 heteroatoms. The quantitative estimate of drug-likeness (QED) is 0.359. The Hall–Kier alpha value is -2.43. The van der Waals surface area contributed by atoms with Crippen molar-refractivity contribution in [2.24, 2.45) is 4.99 Å². The van der Waals surface area contributed by atoms with Crippen molar-refractivity contribution < 1.29 is 4.79 Å². The zero-order chi connectivity index (χ0) is 21.5. The lowest BCUT2D eigenvalue weighted by atomic mass is 10.1. The third-order valence-corrected chi connectivity index (χ3v) is 5.92. The second-order valence-electron chi connectivity index (χ2n) is 7.97. The smallest absolute Gasteiger partial charge is 0.253 e. The van der Waals surface area contributed by atoms with Gasteiger partial charge in [-0.2, -0.15) is 0 Å². The van der Waals surface area contributed by atoms with Crippen molar-refractivity contribution in [3.05, 3.63) is 53.9 Å². The first-order valence-electron chi connectivity index (χ1n) is 11.1. The number of guanidine groups is 1. The summed E-state index contributed by atoms with van der Waals surface area (Å²) in [6.07, 6.45) is 7.00. The van der Waals surface area contributed by atoms with Crippen LogP contribution in [0.3, 0.4) is 0 Å². The summed E-state index contributed by atoms with van der Waals surface area (Å²) < 4.78 is 0. The van der Waals surface area contributed by atoms with Crippen LogP contribution in [0, 0.1) is 0 Å². The molecule has 3 heterocycles. The van der Waals surface area contributed by atoms with Gasteiger partial charge in [-0.15, -0.1) is 24.0 Å². The van der Waals surface area contributed by atoms with Crippen molar-refractivity contribution in [2.45, 2.75) is 25.8 Å². The zero-order valence-electron chi connectivity index (χ0n) is 18.6. The van der Waals surface area contributed by atoms with Crippen LogP contribution in [0.1, 0.15) is 35.2 Å². The second-order valence-corrected chi connectivity index (χ2v) is 7.97. The van der Waals surface area contributed by atoms with Crippen LogP contribution < -0.4 is 10.2 Å². The molecule has 2 aromatic rings. The summed E-state index contributed by atoms with van der Waals surface area (Å²) in [4.78, 5) is 32.2. The molecule has 172 valence electrons. The van der Waals surface area contributed by atoms with Gasteiger partial charge in [-0.25, -0.2) is 9.97 Å². The van der Waals surface area contributed by atoms with Gasteiger partial charge in [0.2, 0.25) is 5.95 Å². The molecular weight excluding hydrogens is 517 g/mol. The molecule has 0 atom stereocenters. The molecule has 0 aliphatic carbocycles. The van der Waals surface area contributed by atoms with E-state index in [0.29, 0.717) is 6.54 Å². The van der Waals surface area contributed by atoms with Crippen LogP contribution in [-0.2, 0) is 6.54 Å². The molecule has 2 fully saturated rings. The van der Waals surface area contributed by atoms with E-state index >= 15 is 0 Å². The minimum absolute atomic E-state index is 0. The van der Waals surface area contributed by atoms with Gasteiger partial charge in [0.25, 0.3) is 5.91 Å². The molecule has 8 nitrogen and oxygen atoms in total. The van der Waals surface area contributed by atoms with Crippen LogP contribution in [-0.4, -0.2) is 78.0 Å². The number of likely N-dealkylation sites (tertiary alicyclic amines) is 1. The van der Waals surface area contributed by atoms with Crippen LogP contribution in [0.5, 0.6) is 0 Å². The standard InChI is InChI=1S/C23H31N7O.HI/c1-24-22(29-14-16-30(17-15-29)23-25-10-5-11-26-23)27-18-19-6-8-20(9-7-19)21(31)28-12-3-2-4-13-28;/h5-11H,2-4,12-18H2,1H3,(H,24,27);1H. The molecule has 1 aromatic heterocycles. The largest absolute Gasteiger partial charge is 0.352 e. The van der Waals surface area contributed by atoms with Crippen LogP contribution in [0.15, 0.2) is 47.7 Å². The van der Waals surface area contributed by atoms with E-state index in [1.165, 1.54) is 6.42 Å². The maximum Gasteiger partial charge on any atom is 0.253 e. The molecule has 2 saturated heterocycles. The van der Waals surface area contributed by atoms with E-state index < -0.39 is 0 Å². The molecule has 2 aliphatic rings. The summed E-state index contributed by atoms with van der Waals surface area (Å²) in [6.45, 7) is 5.87. The predicted molar refractivity (Wildman–Crippen MR) is 138 cm³/mol. The highest BCUT2D eigenvalue weighted by Crippen LogP contribution is 2.14. The number of piperidine rings is 1. The van der Waals surface area contributed by atoms with Crippen molar-refractivity contribution in [3.8, 4) is 0 Å². The van der Waals surface area contributed by atoms with Crippen LogP contribution >= 0.6 is 24.0 Å². The van der Waals surface area contributed by atoms with E-state index in [1.54, 1.807) is 12.4 Å². The number of carbonyl (C=O) groups excluding carboxylic acids is 1. The predicted octanol–water partition coefficient (Wildman–Crippen LogP) is 2.62. The number of benzene rings is 1. The summed E-state index contributed by atoms with van der Waals surface area (Å²) in [5.74, 6) is 1.82. The molecule has 1 amide bonds. The topological polar surface area (TPSA) is 77.0 Å². The molecule has 4 rings (SSSR count). The SMILES string of the molecule is CN=C(NCc1ccc(C(=O)N2CCCCC2)cc1)N1CCN(c2ncccn2)CC1.I. The molecule has 0 bridgehead atoms. The van der Waals surface area contributed by atoms with Crippen molar-refractivity contribution in [1.82, 2.24) is 25.1 Å². The number of hydrogen-bond donors (Lipinski definition) is 1. The number of nitrogens with zero attached hydrogens (tertiary/aromatic N) is 6. The molecule has 0 radical (unpaired) electrons. The molecular formula is C23H32IN7O. The molecule has 0 saturated carbocycles. The monoisotopic (exact) mass is 549 g/mol. The third kappa shape index (κ3) is 6.08. The highest BCUT2D eigenvalue weighted by molar-refractivity contribution is 14.0. The van der Waals surface area contributed by atoms with Gasteiger partial charge < -0.3 is 20.0 Å². The number of piperazine rings is 1. The normalized spacial score (nSPS) is 17.0. The number of carbonyl (C=O) groups is 1. The number of hydrogen-bond acceptors (Lipinski definition) is 5. The molecule has 1 N–H and O–H groups in total. The van der Waals surface area contributed by atoms with Crippen molar-refractivity contribution in [1.29, 1.82) is 0 Å². The summed E-state index contributed by atoms with van der Waals surface area (Å²) in [5.41, 5.74) is 1.90. The van der Waals surface area contributed by atoms with Crippen molar-refractivity contribution >= 4 is 41.8 Å². The Morgan fingerprint density at radius 1 is 0.938 bits per heavy atom. The van der Waals surface area contributed by atoms with E-state index in [0.717, 1.165) is 75.1 Å². The van der Waals surface area contributed by atoms with Gasteiger partial charge in [-0.3, -0.25) is 9.79 Å². The fourth-order valence-corrected chi connectivity index (χ4v) is 4.13. The number of aliphatic imine (C=N–C) groups is 1. The first-order valence-corrected chi connectivity index (χ1v) is 11.1. The summed E-state index contributed by atoms with van der Waals surface area (Å²) in [5, 5.41) is 3.45. The molecule has 2 aliphatic heterocycles. The van der Waals surface area contributed by atoms with Gasteiger partial charge >= 0.3 is 0 Å². The number of amides is 1. The Morgan fingerprint density at radius 2 is 1.59 bits per heavy atom. The fraction of sp³-hybridized carbons (Fsp3) is 0.478. The Bertz CT molecular complexity index is 877. The fourth-order valence-electron chi connectivity index (χ4n) is 4.13. The first kappa shape index (κ1) is 24.2. The first-order chi connectivity index (χ1) is 15.2. The average Bonchev–Trinajstić information content (AvgIpc) is 2.86.